The van der Waals surface area contributed by atoms with E-state index in [9.17, 15) is 19.6 Å². The Morgan fingerprint density at radius 1 is 1.29 bits per heavy atom. The highest BCUT2D eigenvalue weighted by atomic mass is 19.1. The normalized spacial score (nSPS) is 12.0. The summed E-state index contributed by atoms with van der Waals surface area (Å²) >= 11 is 0. The lowest BCUT2D eigenvalue weighted by molar-refractivity contribution is -0.384. The maximum atomic E-state index is 13.2. The van der Waals surface area contributed by atoms with Gasteiger partial charge in [-0.15, -0.1) is 0 Å². The SMILES string of the molecule is C[C@H](O)c1cc(F)ccc1OCc1ccc([N+](=O)[O-])cc1. The summed E-state index contributed by atoms with van der Waals surface area (Å²) in [6.45, 7) is 1.69. The first-order valence-electron chi connectivity index (χ1n) is 6.31. The minimum atomic E-state index is -0.854. The van der Waals surface area contributed by atoms with E-state index in [-0.39, 0.29) is 12.3 Å². The number of hydrogen-bond donors (Lipinski definition) is 1. The first kappa shape index (κ1) is 14.9. The second-order valence-electron chi connectivity index (χ2n) is 4.57. The lowest BCUT2D eigenvalue weighted by Gasteiger charge is -2.13. The predicted molar refractivity (Wildman–Crippen MR) is 74.5 cm³/mol. The van der Waals surface area contributed by atoms with Crippen molar-refractivity contribution in [2.45, 2.75) is 19.6 Å². The number of aliphatic hydroxyl groups excluding tert-OH is 1. The van der Waals surface area contributed by atoms with E-state index in [1.54, 1.807) is 12.1 Å². The van der Waals surface area contributed by atoms with Crippen LogP contribution in [-0.2, 0) is 6.61 Å². The summed E-state index contributed by atoms with van der Waals surface area (Å²) < 4.78 is 18.7. The van der Waals surface area contributed by atoms with E-state index in [0.29, 0.717) is 11.3 Å². The number of nitro groups is 1. The topological polar surface area (TPSA) is 72.6 Å². The fourth-order valence-corrected chi connectivity index (χ4v) is 1.85. The molecule has 110 valence electrons. The van der Waals surface area contributed by atoms with Crippen molar-refractivity contribution in [2.24, 2.45) is 0 Å². The Hall–Kier alpha value is -2.47. The number of ether oxygens (including phenoxy) is 1. The van der Waals surface area contributed by atoms with Crippen LogP contribution >= 0.6 is 0 Å². The molecule has 0 spiro atoms. The van der Waals surface area contributed by atoms with Gasteiger partial charge in [-0.3, -0.25) is 10.1 Å². The fraction of sp³-hybridized carbons (Fsp3) is 0.200. The Bertz CT molecular complexity index is 641. The minimum Gasteiger partial charge on any atom is -0.489 e. The smallest absolute Gasteiger partial charge is 0.269 e. The van der Waals surface area contributed by atoms with E-state index in [0.717, 1.165) is 5.56 Å². The summed E-state index contributed by atoms with van der Waals surface area (Å²) in [6, 6.07) is 9.86. The highest BCUT2D eigenvalue weighted by Gasteiger charge is 2.11. The Balaban J connectivity index is 2.11. The zero-order valence-corrected chi connectivity index (χ0v) is 11.3. The molecule has 0 saturated heterocycles. The quantitative estimate of drug-likeness (QED) is 0.677. The molecule has 0 amide bonds. The van der Waals surface area contributed by atoms with Gasteiger partial charge in [0.25, 0.3) is 5.69 Å². The number of benzene rings is 2. The van der Waals surface area contributed by atoms with E-state index in [2.05, 4.69) is 0 Å². The summed E-state index contributed by atoms with van der Waals surface area (Å²) in [5.74, 6) is -0.0710. The third-order valence-corrected chi connectivity index (χ3v) is 2.96. The molecule has 2 aromatic rings. The summed E-state index contributed by atoms with van der Waals surface area (Å²) in [7, 11) is 0. The number of non-ortho nitro benzene ring substituents is 1. The summed E-state index contributed by atoms with van der Waals surface area (Å²) in [5.41, 5.74) is 1.10. The molecule has 0 saturated carbocycles. The van der Waals surface area contributed by atoms with E-state index in [1.165, 1.54) is 37.3 Å². The van der Waals surface area contributed by atoms with Gasteiger partial charge in [0.1, 0.15) is 18.2 Å². The van der Waals surface area contributed by atoms with Crippen LogP contribution in [0.5, 0.6) is 5.75 Å². The summed E-state index contributed by atoms with van der Waals surface area (Å²) in [5, 5.41) is 20.2. The van der Waals surface area contributed by atoms with Crippen LogP contribution in [0.2, 0.25) is 0 Å². The van der Waals surface area contributed by atoms with E-state index >= 15 is 0 Å². The van der Waals surface area contributed by atoms with Crippen LogP contribution in [0, 0.1) is 15.9 Å². The largest absolute Gasteiger partial charge is 0.489 e. The molecule has 0 aromatic heterocycles. The lowest BCUT2D eigenvalue weighted by Crippen LogP contribution is -2.01. The van der Waals surface area contributed by atoms with Gasteiger partial charge in [0.15, 0.2) is 0 Å². The van der Waals surface area contributed by atoms with E-state index < -0.39 is 16.8 Å². The van der Waals surface area contributed by atoms with Crippen molar-refractivity contribution in [3.05, 3.63) is 69.5 Å². The van der Waals surface area contributed by atoms with Gasteiger partial charge < -0.3 is 9.84 Å². The van der Waals surface area contributed by atoms with Gasteiger partial charge in [0, 0.05) is 17.7 Å². The molecule has 6 heteroatoms. The molecule has 0 heterocycles. The average Bonchev–Trinajstić information content (AvgIpc) is 2.46. The molecule has 0 radical (unpaired) electrons. The third-order valence-electron chi connectivity index (χ3n) is 2.96. The third kappa shape index (κ3) is 3.76. The molecular weight excluding hydrogens is 277 g/mol. The van der Waals surface area contributed by atoms with Crippen LogP contribution < -0.4 is 4.74 Å². The van der Waals surface area contributed by atoms with Crippen LogP contribution in [-0.4, -0.2) is 10.0 Å². The van der Waals surface area contributed by atoms with Gasteiger partial charge in [0.05, 0.1) is 11.0 Å². The molecule has 2 aromatic carbocycles. The van der Waals surface area contributed by atoms with Crippen molar-refractivity contribution in [1.82, 2.24) is 0 Å². The lowest BCUT2D eigenvalue weighted by atomic mass is 10.1. The van der Waals surface area contributed by atoms with Crippen LogP contribution in [0.15, 0.2) is 42.5 Å². The molecule has 1 atom stereocenters. The van der Waals surface area contributed by atoms with Gasteiger partial charge in [-0.25, -0.2) is 4.39 Å². The molecular formula is C15H14FNO4. The number of hydrogen-bond acceptors (Lipinski definition) is 4. The van der Waals surface area contributed by atoms with Crippen molar-refractivity contribution in [3.8, 4) is 5.75 Å². The van der Waals surface area contributed by atoms with Gasteiger partial charge in [-0.05, 0) is 42.8 Å². The van der Waals surface area contributed by atoms with Crippen molar-refractivity contribution in [1.29, 1.82) is 0 Å². The predicted octanol–water partition coefficient (Wildman–Crippen LogP) is 3.37. The Labute approximate surface area is 120 Å². The minimum absolute atomic E-state index is 0.00482. The maximum absolute atomic E-state index is 13.2. The molecule has 2 rings (SSSR count). The second kappa shape index (κ2) is 6.32. The standard InChI is InChI=1S/C15H14FNO4/c1-10(18)14-8-12(16)4-7-15(14)21-9-11-2-5-13(6-3-11)17(19)20/h2-8,10,18H,9H2,1H3/t10-/m0/s1. The van der Waals surface area contributed by atoms with Crippen LogP contribution in [0.3, 0.4) is 0 Å². The number of halogens is 1. The monoisotopic (exact) mass is 291 g/mol. The second-order valence-corrected chi connectivity index (χ2v) is 4.57. The zero-order valence-electron chi connectivity index (χ0n) is 11.3. The van der Waals surface area contributed by atoms with Crippen LogP contribution in [0.25, 0.3) is 0 Å². The van der Waals surface area contributed by atoms with Gasteiger partial charge in [0.2, 0.25) is 0 Å². The number of nitro benzene ring substituents is 1. The highest BCUT2D eigenvalue weighted by molar-refractivity contribution is 5.36. The Morgan fingerprint density at radius 2 is 1.95 bits per heavy atom. The van der Waals surface area contributed by atoms with Crippen molar-refractivity contribution >= 4 is 5.69 Å². The zero-order chi connectivity index (χ0) is 15.4. The summed E-state index contributed by atoms with van der Waals surface area (Å²) in [6.07, 6.45) is -0.854. The first-order valence-corrected chi connectivity index (χ1v) is 6.31. The molecule has 0 aliphatic carbocycles. The Kier molecular flexibility index (Phi) is 4.49. The van der Waals surface area contributed by atoms with Crippen molar-refractivity contribution in [3.63, 3.8) is 0 Å². The molecule has 5 nitrogen and oxygen atoms in total. The number of nitrogens with zero attached hydrogens (tertiary/aromatic N) is 1. The van der Waals surface area contributed by atoms with E-state index in [1.807, 2.05) is 0 Å². The van der Waals surface area contributed by atoms with Crippen molar-refractivity contribution < 1.29 is 19.2 Å². The summed E-state index contributed by atoms with van der Waals surface area (Å²) in [4.78, 5) is 10.1. The molecule has 21 heavy (non-hydrogen) atoms. The molecule has 0 aliphatic rings. The number of aliphatic hydroxyl groups is 1. The van der Waals surface area contributed by atoms with Crippen LogP contribution in [0.1, 0.15) is 24.2 Å². The molecule has 0 bridgehead atoms. The maximum Gasteiger partial charge on any atom is 0.269 e. The van der Waals surface area contributed by atoms with Crippen molar-refractivity contribution in [2.75, 3.05) is 0 Å². The highest BCUT2D eigenvalue weighted by Crippen LogP contribution is 2.26. The van der Waals surface area contributed by atoms with Gasteiger partial charge >= 0.3 is 0 Å². The van der Waals surface area contributed by atoms with Crippen LogP contribution in [0.4, 0.5) is 10.1 Å². The van der Waals surface area contributed by atoms with Gasteiger partial charge in [-0.2, -0.15) is 0 Å². The number of rotatable bonds is 5. The molecule has 0 unspecified atom stereocenters. The Morgan fingerprint density at radius 3 is 2.52 bits per heavy atom. The molecule has 0 fully saturated rings. The molecule has 0 aliphatic heterocycles. The fourth-order valence-electron chi connectivity index (χ4n) is 1.85. The molecule has 1 N–H and O–H groups in total. The average molecular weight is 291 g/mol. The van der Waals surface area contributed by atoms with E-state index in [4.69, 9.17) is 4.74 Å². The van der Waals surface area contributed by atoms with Gasteiger partial charge in [-0.1, -0.05) is 0 Å². The first-order chi connectivity index (χ1) is 9.97.